The van der Waals surface area contributed by atoms with Gasteiger partial charge in [0.05, 0.1) is 44.4 Å². The van der Waals surface area contributed by atoms with E-state index in [1.807, 2.05) is 6.07 Å². The number of benzene rings is 1. The van der Waals surface area contributed by atoms with Crippen LogP contribution in [0, 0.1) is 29.6 Å². The Hall–Kier alpha value is -2.20. The van der Waals surface area contributed by atoms with Crippen molar-refractivity contribution in [3.8, 4) is 17.6 Å². The van der Waals surface area contributed by atoms with Crippen LogP contribution in [0.5, 0.6) is 5.75 Å². The topological polar surface area (TPSA) is 71.1 Å². The number of carbonyl (C=O) groups excluding carboxylic acids is 2. The molecule has 3 heterocycles. The van der Waals surface area contributed by atoms with Crippen molar-refractivity contribution in [3.63, 3.8) is 0 Å². The Morgan fingerprint density at radius 1 is 1.11 bits per heavy atom. The SMILES string of the molecule is CC#Cc1ccc(C2C(=O)[C@@H]3[C@@H]4O[C@@H](C[C@@H]4C4OCCO4)[C@@H]3C2=O)c(OC)c1. The predicted octanol–water partition coefficient (Wildman–Crippen LogP) is 1.69. The van der Waals surface area contributed by atoms with Gasteiger partial charge in [0.1, 0.15) is 11.7 Å². The summed E-state index contributed by atoms with van der Waals surface area (Å²) in [6.45, 7) is 2.88. The molecule has 0 aromatic heterocycles. The number of carbonyl (C=O) groups is 2. The van der Waals surface area contributed by atoms with Crippen LogP contribution < -0.4 is 4.74 Å². The third-order valence-electron chi connectivity index (χ3n) is 6.44. The van der Waals surface area contributed by atoms with Crippen LogP contribution in [0.2, 0.25) is 0 Å². The minimum atomic E-state index is -0.799. The van der Waals surface area contributed by atoms with E-state index in [4.69, 9.17) is 18.9 Å². The van der Waals surface area contributed by atoms with Gasteiger partial charge in [0.25, 0.3) is 0 Å². The second kappa shape index (κ2) is 6.70. The lowest BCUT2D eigenvalue weighted by atomic mass is 9.75. The first-order chi connectivity index (χ1) is 13.6. The molecule has 1 aromatic carbocycles. The van der Waals surface area contributed by atoms with Crippen LogP contribution in [-0.4, -0.2) is 50.4 Å². The Balaban J connectivity index is 1.47. The van der Waals surface area contributed by atoms with E-state index < -0.39 is 11.8 Å². The second-order valence-corrected chi connectivity index (χ2v) is 7.77. The Morgan fingerprint density at radius 2 is 1.86 bits per heavy atom. The number of methoxy groups -OCH3 is 1. The molecule has 4 fully saturated rings. The fourth-order valence-electron chi connectivity index (χ4n) is 5.37. The molecule has 2 bridgehead atoms. The van der Waals surface area contributed by atoms with Gasteiger partial charge in [-0.15, -0.1) is 5.92 Å². The van der Waals surface area contributed by atoms with Crippen molar-refractivity contribution < 1.29 is 28.5 Å². The second-order valence-electron chi connectivity index (χ2n) is 7.77. The lowest BCUT2D eigenvalue weighted by Crippen LogP contribution is -2.40. The molecule has 1 aromatic rings. The maximum absolute atomic E-state index is 13.4. The van der Waals surface area contributed by atoms with Crippen molar-refractivity contribution in [1.29, 1.82) is 0 Å². The van der Waals surface area contributed by atoms with Gasteiger partial charge in [0, 0.05) is 17.0 Å². The Kier molecular flexibility index (Phi) is 4.27. The summed E-state index contributed by atoms with van der Waals surface area (Å²) in [5.74, 6) is 4.63. The highest BCUT2D eigenvalue weighted by molar-refractivity contribution is 6.17. The highest BCUT2D eigenvalue weighted by Crippen LogP contribution is 2.56. The average Bonchev–Trinajstić information content (AvgIpc) is 3.46. The summed E-state index contributed by atoms with van der Waals surface area (Å²) >= 11 is 0. The largest absolute Gasteiger partial charge is 0.496 e. The quantitative estimate of drug-likeness (QED) is 0.585. The van der Waals surface area contributed by atoms with E-state index in [9.17, 15) is 9.59 Å². The molecule has 5 rings (SSSR count). The molecule has 28 heavy (non-hydrogen) atoms. The van der Waals surface area contributed by atoms with Crippen molar-refractivity contribution in [2.24, 2.45) is 17.8 Å². The van der Waals surface area contributed by atoms with E-state index in [0.29, 0.717) is 30.9 Å². The van der Waals surface area contributed by atoms with Crippen LogP contribution in [0.25, 0.3) is 0 Å². The van der Waals surface area contributed by atoms with Gasteiger partial charge in [-0.05, 0) is 25.5 Å². The van der Waals surface area contributed by atoms with Gasteiger partial charge in [-0.1, -0.05) is 12.0 Å². The van der Waals surface area contributed by atoms with E-state index in [1.165, 1.54) is 0 Å². The van der Waals surface area contributed by atoms with Gasteiger partial charge in [-0.2, -0.15) is 0 Å². The number of rotatable bonds is 3. The summed E-state index contributed by atoms with van der Waals surface area (Å²) in [6.07, 6.45) is -0.176. The number of ketones is 2. The van der Waals surface area contributed by atoms with E-state index in [-0.39, 0.29) is 41.9 Å². The molecule has 6 nitrogen and oxygen atoms in total. The number of fused-ring (bicyclic) bond motifs is 5. The zero-order valence-electron chi connectivity index (χ0n) is 15.8. The number of ether oxygens (including phenoxy) is 4. The van der Waals surface area contributed by atoms with Crippen LogP contribution in [-0.2, 0) is 23.8 Å². The predicted molar refractivity (Wildman–Crippen MR) is 97.7 cm³/mol. The molecule has 0 radical (unpaired) electrons. The van der Waals surface area contributed by atoms with Crippen molar-refractivity contribution in [2.75, 3.05) is 20.3 Å². The summed E-state index contributed by atoms with van der Waals surface area (Å²) in [4.78, 5) is 26.6. The highest BCUT2D eigenvalue weighted by atomic mass is 16.7. The van der Waals surface area contributed by atoms with Crippen molar-refractivity contribution in [3.05, 3.63) is 29.3 Å². The van der Waals surface area contributed by atoms with E-state index in [0.717, 1.165) is 5.56 Å². The summed E-state index contributed by atoms with van der Waals surface area (Å²) < 4.78 is 22.8. The van der Waals surface area contributed by atoms with Crippen LogP contribution in [0.4, 0.5) is 0 Å². The molecule has 1 unspecified atom stereocenters. The minimum absolute atomic E-state index is 0.00773. The van der Waals surface area contributed by atoms with E-state index in [1.54, 1.807) is 26.2 Å². The number of hydrogen-bond donors (Lipinski definition) is 0. The van der Waals surface area contributed by atoms with Gasteiger partial charge < -0.3 is 18.9 Å². The molecule has 4 aliphatic rings. The first-order valence-electron chi connectivity index (χ1n) is 9.71. The standard InChI is InChI=1S/C22H22O6/c1-3-4-11-5-6-12(14(9-11)25-2)16-19(23)17-15-10-13(22-26-7-8-27-22)21(28-15)18(17)20(16)24/h5-6,9,13,15-18,21-22H,7-8,10H2,1-2H3/t13-,15-,16?,17-,18+,21+/m0/s1. The molecule has 0 amide bonds. The first kappa shape index (κ1) is 17.9. The monoisotopic (exact) mass is 382 g/mol. The van der Waals surface area contributed by atoms with Gasteiger partial charge in [0.2, 0.25) is 0 Å². The minimum Gasteiger partial charge on any atom is -0.496 e. The molecule has 1 saturated carbocycles. The maximum Gasteiger partial charge on any atom is 0.163 e. The zero-order valence-corrected chi connectivity index (χ0v) is 15.8. The van der Waals surface area contributed by atoms with Gasteiger partial charge in [-0.25, -0.2) is 0 Å². The number of Topliss-reactive ketones (excluding diaryl/α,β-unsaturated/α-hetero) is 2. The molecule has 3 saturated heterocycles. The van der Waals surface area contributed by atoms with Gasteiger partial charge >= 0.3 is 0 Å². The fraction of sp³-hybridized carbons (Fsp3) is 0.545. The Labute approximate surface area is 163 Å². The van der Waals surface area contributed by atoms with Crippen molar-refractivity contribution in [2.45, 2.75) is 37.8 Å². The van der Waals surface area contributed by atoms with Gasteiger partial charge in [0.15, 0.2) is 17.9 Å². The summed E-state index contributed by atoms with van der Waals surface area (Å²) in [7, 11) is 1.55. The molecule has 3 aliphatic heterocycles. The fourth-order valence-corrected chi connectivity index (χ4v) is 5.37. The van der Waals surface area contributed by atoms with Crippen LogP contribution >= 0.6 is 0 Å². The third-order valence-corrected chi connectivity index (χ3v) is 6.44. The lowest BCUT2D eigenvalue weighted by molar-refractivity contribution is -0.131. The summed E-state index contributed by atoms with van der Waals surface area (Å²) in [5, 5.41) is 0. The molecule has 146 valence electrons. The normalized spacial score (nSPS) is 36.5. The van der Waals surface area contributed by atoms with Crippen LogP contribution in [0.15, 0.2) is 18.2 Å². The van der Waals surface area contributed by atoms with E-state index >= 15 is 0 Å². The maximum atomic E-state index is 13.4. The third kappa shape index (κ3) is 2.47. The van der Waals surface area contributed by atoms with Crippen LogP contribution in [0.3, 0.4) is 0 Å². The van der Waals surface area contributed by atoms with Crippen molar-refractivity contribution in [1.82, 2.24) is 0 Å². The molecule has 0 N–H and O–H groups in total. The summed E-state index contributed by atoms with van der Waals surface area (Å²) in [6, 6.07) is 5.41. The zero-order chi connectivity index (χ0) is 19.4. The Morgan fingerprint density at radius 3 is 2.57 bits per heavy atom. The molecule has 1 aliphatic carbocycles. The lowest BCUT2D eigenvalue weighted by Gasteiger charge is -2.29. The molecule has 6 heteroatoms. The molecular formula is C22H22O6. The van der Waals surface area contributed by atoms with Gasteiger partial charge in [-0.3, -0.25) is 9.59 Å². The van der Waals surface area contributed by atoms with Crippen LogP contribution in [0.1, 0.15) is 30.4 Å². The average molecular weight is 382 g/mol. The molecule has 6 atom stereocenters. The summed E-state index contributed by atoms with van der Waals surface area (Å²) in [5.41, 5.74) is 1.41. The number of hydrogen-bond acceptors (Lipinski definition) is 6. The first-order valence-corrected chi connectivity index (χ1v) is 9.71. The Bertz CT molecular complexity index is 890. The molecule has 0 spiro atoms. The highest BCUT2D eigenvalue weighted by Gasteiger charge is 2.67. The van der Waals surface area contributed by atoms with E-state index in [2.05, 4.69) is 11.8 Å². The molecular weight excluding hydrogens is 360 g/mol. The smallest absolute Gasteiger partial charge is 0.163 e. The van der Waals surface area contributed by atoms with Crippen molar-refractivity contribution >= 4 is 11.6 Å².